The minimum Gasteiger partial charge on any atom is -0.479 e. The molecule has 1 aromatic carbocycles. The van der Waals surface area contributed by atoms with E-state index in [1.165, 1.54) is 17.7 Å². The largest absolute Gasteiger partial charge is 0.479 e. The molecule has 11 heteroatoms. The van der Waals surface area contributed by atoms with Crippen molar-refractivity contribution in [2.24, 2.45) is 0 Å². The van der Waals surface area contributed by atoms with Crippen LogP contribution in [0.15, 0.2) is 29.3 Å². The van der Waals surface area contributed by atoms with E-state index in [-0.39, 0.29) is 18.7 Å². The Hall–Kier alpha value is -2.20. The van der Waals surface area contributed by atoms with Gasteiger partial charge in [-0.1, -0.05) is 46.7 Å². The Morgan fingerprint density at radius 3 is 3.00 bits per heavy atom. The zero-order chi connectivity index (χ0) is 19.8. The van der Waals surface area contributed by atoms with Crippen molar-refractivity contribution in [2.45, 2.75) is 12.6 Å². The normalized spacial score (nSPS) is 17.2. The molecule has 8 nitrogen and oxygen atoms in total. The lowest BCUT2D eigenvalue weighted by molar-refractivity contribution is -0.150. The molecule has 0 spiro atoms. The summed E-state index contributed by atoms with van der Waals surface area (Å²) in [5.74, 6) is -1.03. The molecule has 2 aromatic heterocycles. The smallest absolute Gasteiger partial charge is 0.334 e. The number of anilines is 1. The van der Waals surface area contributed by atoms with Gasteiger partial charge in [-0.05, 0) is 11.6 Å². The van der Waals surface area contributed by atoms with Crippen molar-refractivity contribution in [1.82, 2.24) is 14.5 Å². The number of carboxylic acid groups (broad SMARTS) is 1. The highest BCUT2D eigenvalue weighted by atomic mass is 35.5. The highest BCUT2D eigenvalue weighted by Crippen LogP contribution is 2.30. The van der Waals surface area contributed by atoms with Gasteiger partial charge in [0.1, 0.15) is 11.0 Å². The van der Waals surface area contributed by atoms with Crippen LogP contribution in [0.3, 0.4) is 0 Å². The number of aromatic nitrogens is 3. The van der Waals surface area contributed by atoms with Gasteiger partial charge in [-0.15, -0.1) is 0 Å². The summed E-state index contributed by atoms with van der Waals surface area (Å²) in [7, 11) is 0. The van der Waals surface area contributed by atoms with E-state index < -0.39 is 12.1 Å². The number of hydrogen-bond donors (Lipinski definition) is 1. The molecule has 1 N–H and O–H groups in total. The minimum atomic E-state index is -1.03. The van der Waals surface area contributed by atoms with Gasteiger partial charge in [-0.25, -0.2) is 9.78 Å². The van der Waals surface area contributed by atoms with Crippen molar-refractivity contribution in [1.29, 1.82) is 0 Å². The summed E-state index contributed by atoms with van der Waals surface area (Å²) in [5, 5.41) is 10.6. The maximum Gasteiger partial charge on any atom is 0.334 e. The molecule has 0 amide bonds. The molecule has 1 atom stereocenters. The van der Waals surface area contributed by atoms with Gasteiger partial charge in [0, 0.05) is 6.54 Å². The average Bonchev–Trinajstić information content (AvgIpc) is 3.14. The first-order valence-corrected chi connectivity index (χ1v) is 9.89. The third-order valence-electron chi connectivity index (χ3n) is 4.36. The van der Waals surface area contributed by atoms with Crippen molar-refractivity contribution in [3.8, 4) is 0 Å². The molecule has 1 aliphatic rings. The molecule has 0 aliphatic carbocycles. The predicted molar refractivity (Wildman–Crippen MR) is 107 cm³/mol. The summed E-state index contributed by atoms with van der Waals surface area (Å²) in [4.78, 5) is 33.8. The Morgan fingerprint density at radius 2 is 2.21 bits per heavy atom. The first-order chi connectivity index (χ1) is 13.4. The quantitative estimate of drug-likeness (QED) is 0.665. The van der Waals surface area contributed by atoms with Gasteiger partial charge < -0.3 is 19.3 Å². The first-order valence-electron chi connectivity index (χ1n) is 8.32. The SMILES string of the molecule is O=C(O)C1CN(c2nc3c(s2)c(=O)ncn3Cc2cccc(Cl)c2Cl)CCO1. The molecule has 0 saturated carbocycles. The number of carboxylic acids is 1. The summed E-state index contributed by atoms with van der Waals surface area (Å²) in [6.07, 6.45) is 0.494. The van der Waals surface area contributed by atoms with E-state index in [0.29, 0.717) is 38.6 Å². The van der Waals surface area contributed by atoms with E-state index in [1.54, 1.807) is 16.7 Å². The van der Waals surface area contributed by atoms with Crippen LogP contribution in [0, 0.1) is 0 Å². The number of thiazole rings is 1. The molecule has 0 bridgehead atoms. The molecule has 1 aliphatic heterocycles. The number of nitrogens with zero attached hydrogens (tertiary/aromatic N) is 4. The van der Waals surface area contributed by atoms with Crippen molar-refractivity contribution in [3.63, 3.8) is 0 Å². The Balaban J connectivity index is 1.72. The van der Waals surface area contributed by atoms with Gasteiger partial charge in [0.05, 0.1) is 29.7 Å². The monoisotopic (exact) mass is 440 g/mol. The van der Waals surface area contributed by atoms with E-state index in [2.05, 4.69) is 9.97 Å². The molecular formula is C17H14Cl2N4O4S. The zero-order valence-corrected chi connectivity index (χ0v) is 16.7. The van der Waals surface area contributed by atoms with Crippen molar-refractivity contribution < 1.29 is 14.6 Å². The van der Waals surface area contributed by atoms with Gasteiger partial charge in [0.25, 0.3) is 5.56 Å². The molecule has 4 rings (SSSR count). The summed E-state index contributed by atoms with van der Waals surface area (Å²) in [5.41, 5.74) is 0.859. The van der Waals surface area contributed by atoms with Crippen molar-refractivity contribution in [2.75, 3.05) is 24.6 Å². The fourth-order valence-corrected chi connectivity index (χ4v) is 4.33. The van der Waals surface area contributed by atoms with Crippen LogP contribution >= 0.6 is 34.5 Å². The maximum atomic E-state index is 12.2. The number of rotatable bonds is 4. The first kappa shape index (κ1) is 19.1. The van der Waals surface area contributed by atoms with E-state index in [1.807, 2.05) is 11.0 Å². The topological polar surface area (TPSA) is 97.5 Å². The van der Waals surface area contributed by atoms with Crippen LogP contribution in [-0.4, -0.2) is 51.4 Å². The van der Waals surface area contributed by atoms with E-state index >= 15 is 0 Å². The number of ether oxygens (including phenoxy) is 1. The Kier molecular flexibility index (Phi) is 5.24. The predicted octanol–water partition coefficient (Wildman–Crippen LogP) is 2.50. The van der Waals surface area contributed by atoms with Crippen LogP contribution < -0.4 is 10.5 Å². The standard InChI is InChI=1S/C17H14Cl2N4O4S/c18-10-3-1-2-9(12(10)19)6-23-8-20-15(24)13-14(23)21-17(28-13)22-4-5-27-11(7-22)16(25)26/h1-3,8,11H,4-7H2,(H,25,26). The molecule has 28 heavy (non-hydrogen) atoms. The lowest BCUT2D eigenvalue weighted by atomic mass is 10.2. The molecule has 1 unspecified atom stereocenters. The van der Waals surface area contributed by atoms with E-state index in [0.717, 1.165) is 5.56 Å². The van der Waals surface area contributed by atoms with Crippen LogP contribution in [0.5, 0.6) is 0 Å². The number of benzene rings is 1. The molecule has 0 radical (unpaired) electrons. The molecule has 146 valence electrons. The lowest BCUT2D eigenvalue weighted by Gasteiger charge is -2.30. The Bertz CT molecular complexity index is 1120. The minimum absolute atomic E-state index is 0.164. The zero-order valence-electron chi connectivity index (χ0n) is 14.3. The van der Waals surface area contributed by atoms with Crippen LogP contribution in [0.1, 0.15) is 5.56 Å². The number of morpholine rings is 1. The molecule has 3 aromatic rings. The summed E-state index contributed by atoms with van der Waals surface area (Å²) < 4.78 is 7.37. The summed E-state index contributed by atoms with van der Waals surface area (Å²) >= 11 is 13.5. The van der Waals surface area contributed by atoms with Gasteiger partial charge in [0.2, 0.25) is 0 Å². The number of carbonyl (C=O) groups is 1. The van der Waals surface area contributed by atoms with Crippen LogP contribution in [-0.2, 0) is 16.1 Å². The average molecular weight is 441 g/mol. The third kappa shape index (κ3) is 3.58. The molecule has 1 saturated heterocycles. The van der Waals surface area contributed by atoms with Crippen LogP contribution in [0.25, 0.3) is 10.3 Å². The second-order valence-electron chi connectivity index (χ2n) is 6.18. The van der Waals surface area contributed by atoms with Gasteiger partial charge >= 0.3 is 5.97 Å². The summed E-state index contributed by atoms with van der Waals surface area (Å²) in [6.45, 7) is 1.27. The number of aliphatic carboxylic acids is 1. The number of hydrogen-bond acceptors (Lipinski definition) is 7. The van der Waals surface area contributed by atoms with Crippen molar-refractivity contribution in [3.05, 3.63) is 50.5 Å². The van der Waals surface area contributed by atoms with E-state index in [9.17, 15) is 14.7 Å². The van der Waals surface area contributed by atoms with Gasteiger partial charge in [-0.3, -0.25) is 4.79 Å². The number of fused-ring (bicyclic) bond motifs is 1. The lowest BCUT2D eigenvalue weighted by Crippen LogP contribution is -2.46. The molecular weight excluding hydrogens is 427 g/mol. The van der Waals surface area contributed by atoms with E-state index in [4.69, 9.17) is 27.9 Å². The van der Waals surface area contributed by atoms with Gasteiger partial charge in [0.15, 0.2) is 16.9 Å². The second-order valence-corrected chi connectivity index (χ2v) is 7.95. The van der Waals surface area contributed by atoms with Crippen LogP contribution in [0.2, 0.25) is 10.0 Å². The maximum absolute atomic E-state index is 12.2. The van der Waals surface area contributed by atoms with Crippen LogP contribution in [0.4, 0.5) is 5.13 Å². The highest BCUT2D eigenvalue weighted by molar-refractivity contribution is 7.22. The Labute approximate surface area is 172 Å². The molecule has 3 heterocycles. The van der Waals surface area contributed by atoms with Gasteiger partial charge in [-0.2, -0.15) is 4.98 Å². The third-order valence-corrected chi connectivity index (χ3v) is 6.31. The number of halogens is 2. The molecule has 1 fully saturated rings. The van der Waals surface area contributed by atoms with Crippen molar-refractivity contribution >= 4 is 56.0 Å². The summed E-state index contributed by atoms with van der Waals surface area (Å²) in [6, 6.07) is 5.33. The highest BCUT2D eigenvalue weighted by Gasteiger charge is 2.28. The fraction of sp³-hybridized carbons (Fsp3) is 0.294. The Morgan fingerprint density at radius 1 is 1.39 bits per heavy atom. The fourth-order valence-electron chi connectivity index (χ4n) is 2.95. The second kappa shape index (κ2) is 7.67.